The van der Waals surface area contributed by atoms with E-state index in [0.29, 0.717) is 18.3 Å². The van der Waals surface area contributed by atoms with E-state index in [4.69, 9.17) is 4.74 Å². The molecule has 2 aromatic rings. The largest absolute Gasteiger partial charge is 0.449 e. The second-order valence-corrected chi connectivity index (χ2v) is 7.70. The van der Waals surface area contributed by atoms with Gasteiger partial charge in [0.05, 0.1) is 17.0 Å². The highest BCUT2D eigenvalue weighted by atomic mass is 35.5. The smallest absolute Gasteiger partial charge is 0.412 e. The Morgan fingerprint density at radius 1 is 1.27 bits per heavy atom. The van der Waals surface area contributed by atoms with Crippen molar-refractivity contribution < 1.29 is 9.53 Å². The molecule has 0 saturated carbocycles. The van der Waals surface area contributed by atoms with Crippen molar-refractivity contribution in [1.29, 1.82) is 0 Å². The molecule has 4 heterocycles. The SMILES string of the molecule is Cl.O=C(Nc1ncsc1-c1ccccc1)OCCC1CN2CCC1CC2. The van der Waals surface area contributed by atoms with E-state index in [1.54, 1.807) is 5.51 Å². The summed E-state index contributed by atoms with van der Waals surface area (Å²) in [6, 6.07) is 9.95. The first-order valence-corrected chi connectivity index (χ1v) is 9.82. The van der Waals surface area contributed by atoms with Crippen LogP contribution in [0.15, 0.2) is 35.8 Å². The fourth-order valence-corrected chi connectivity index (χ4v) is 4.73. The van der Waals surface area contributed by atoms with Crippen LogP contribution in [0, 0.1) is 11.8 Å². The van der Waals surface area contributed by atoms with Gasteiger partial charge in [0.1, 0.15) is 0 Å². The molecule has 1 aromatic carbocycles. The highest BCUT2D eigenvalue weighted by Crippen LogP contribution is 2.34. The third-order valence-electron chi connectivity index (χ3n) is 5.34. The molecule has 5 rings (SSSR count). The lowest BCUT2D eigenvalue weighted by atomic mass is 9.78. The molecule has 26 heavy (non-hydrogen) atoms. The van der Waals surface area contributed by atoms with Crippen molar-refractivity contribution in [2.45, 2.75) is 19.3 Å². The van der Waals surface area contributed by atoms with Crippen molar-refractivity contribution in [1.82, 2.24) is 9.88 Å². The maximum absolute atomic E-state index is 12.1. The number of ether oxygens (including phenoxy) is 1. The number of benzene rings is 1. The van der Waals surface area contributed by atoms with Crippen molar-refractivity contribution in [3.05, 3.63) is 35.8 Å². The number of piperidine rings is 3. The molecule has 3 aliphatic heterocycles. The number of anilines is 1. The normalized spacial score (nSPS) is 23.9. The monoisotopic (exact) mass is 393 g/mol. The quantitative estimate of drug-likeness (QED) is 0.811. The Kier molecular flexibility index (Phi) is 6.51. The Bertz CT molecular complexity index is 717. The van der Waals surface area contributed by atoms with Gasteiger partial charge in [-0.05, 0) is 49.8 Å². The fourth-order valence-electron chi connectivity index (χ4n) is 3.98. The molecule has 1 atom stereocenters. The number of amides is 1. The maximum Gasteiger partial charge on any atom is 0.412 e. The van der Waals surface area contributed by atoms with Crippen LogP contribution in [0.4, 0.5) is 10.6 Å². The fraction of sp³-hybridized carbons (Fsp3) is 0.474. The number of halogens is 1. The zero-order valence-electron chi connectivity index (χ0n) is 14.6. The number of hydrogen-bond acceptors (Lipinski definition) is 5. The summed E-state index contributed by atoms with van der Waals surface area (Å²) in [6.45, 7) is 4.13. The minimum Gasteiger partial charge on any atom is -0.449 e. The summed E-state index contributed by atoms with van der Waals surface area (Å²) in [4.78, 5) is 19.9. The summed E-state index contributed by atoms with van der Waals surface area (Å²) in [5.41, 5.74) is 2.79. The number of fused-ring (bicyclic) bond motifs is 3. The van der Waals surface area contributed by atoms with E-state index in [0.717, 1.165) is 22.8 Å². The molecule has 0 spiro atoms. The van der Waals surface area contributed by atoms with Crippen LogP contribution in [0.2, 0.25) is 0 Å². The second kappa shape index (κ2) is 8.84. The molecule has 1 N–H and O–H groups in total. The summed E-state index contributed by atoms with van der Waals surface area (Å²) in [5.74, 6) is 2.07. The lowest BCUT2D eigenvalue weighted by Crippen LogP contribution is -2.47. The molecule has 3 aliphatic rings. The Labute approximate surface area is 164 Å². The summed E-state index contributed by atoms with van der Waals surface area (Å²) < 4.78 is 5.41. The van der Waals surface area contributed by atoms with Crippen LogP contribution in [0.3, 0.4) is 0 Å². The number of nitrogens with zero attached hydrogens (tertiary/aromatic N) is 2. The van der Waals surface area contributed by atoms with Gasteiger partial charge in [0.2, 0.25) is 0 Å². The van der Waals surface area contributed by atoms with Gasteiger partial charge in [0, 0.05) is 6.54 Å². The molecular formula is C19H24ClN3O2S. The number of rotatable bonds is 5. The van der Waals surface area contributed by atoms with Crippen LogP contribution in [0.5, 0.6) is 0 Å². The minimum absolute atomic E-state index is 0. The summed E-state index contributed by atoms with van der Waals surface area (Å²) in [7, 11) is 0. The zero-order valence-corrected chi connectivity index (χ0v) is 16.2. The van der Waals surface area contributed by atoms with Crippen LogP contribution in [-0.2, 0) is 4.74 Å². The van der Waals surface area contributed by atoms with Crippen molar-refractivity contribution in [3.63, 3.8) is 0 Å². The predicted molar refractivity (Wildman–Crippen MR) is 107 cm³/mol. The first-order valence-electron chi connectivity index (χ1n) is 8.94. The first kappa shape index (κ1) is 19.1. The molecule has 3 fully saturated rings. The summed E-state index contributed by atoms with van der Waals surface area (Å²) in [6.07, 6.45) is 3.15. The standard InChI is InChI=1S/C19H23N3O2S.ClH/c23-19(24-11-8-16-12-22-9-6-14(16)7-10-22)21-18-17(25-13-20-18)15-4-2-1-3-5-15;/h1-5,13-14,16H,6-12H2,(H,21,23);1H. The maximum atomic E-state index is 12.1. The van der Waals surface area contributed by atoms with Gasteiger partial charge >= 0.3 is 6.09 Å². The molecule has 1 amide bonds. The number of carbonyl (C=O) groups is 1. The third kappa shape index (κ3) is 4.37. The van der Waals surface area contributed by atoms with Gasteiger partial charge in [-0.1, -0.05) is 30.3 Å². The Hall–Kier alpha value is -1.63. The van der Waals surface area contributed by atoms with Crippen LogP contribution < -0.4 is 5.32 Å². The van der Waals surface area contributed by atoms with Gasteiger partial charge in [-0.25, -0.2) is 9.78 Å². The highest BCUT2D eigenvalue weighted by Gasteiger charge is 2.33. The van der Waals surface area contributed by atoms with E-state index in [1.807, 2.05) is 30.3 Å². The Morgan fingerprint density at radius 3 is 2.73 bits per heavy atom. The van der Waals surface area contributed by atoms with Crippen LogP contribution in [-0.4, -0.2) is 42.2 Å². The summed E-state index contributed by atoms with van der Waals surface area (Å²) >= 11 is 1.51. The van der Waals surface area contributed by atoms with Crippen LogP contribution in [0.25, 0.3) is 10.4 Å². The second-order valence-electron chi connectivity index (χ2n) is 6.84. The molecule has 0 radical (unpaired) electrons. The molecule has 0 aliphatic carbocycles. The van der Waals surface area contributed by atoms with Crippen molar-refractivity contribution in [3.8, 4) is 10.4 Å². The van der Waals surface area contributed by atoms with E-state index in [2.05, 4.69) is 15.2 Å². The third-order valence-corrected chi connectivity index (χ3v) is 6.21. The van der Waals surface area contributed by atoms with Gasteiger partial charge in [0.25, 0.3) is 0 Å². The van der Waals surface area contributed by atoms with Gasteiger partial charge in [-0.2, -0.15) is 0 Å². The molecule has 2 bridgehead atoms. The topological polar surface area (TPSA) is 54.5 Å². The first-order chi connectivity index (χ1) is 12.3. The molecule has 1 unspecified atom stereocenters. The predicted octanol–water partition coefficient (Wildman–Crippen LogP) is 4.51. The van der Waals surface area contributed by atoms with E-state index < -0.39 is 6.09 Å². The van der Waals surface area contributed by atoms with Gasteiger partial charge in [-0.3, -0.25) is 5.32 Å². The molecule has 140 valence electrons. The number of thiazole rings is 1. The average Bonchev–Trinajstić information content (AvgIpc) is 3.11. The number of aromatic nitrogens is 1. The van der Waals surface area contributed by atoms with Crippen molar-refractivity contribution in [2.24, 2.45) is 11.8 Å². The van der Waals surface area contributed by atoms with Gasteiger partial charge in [-0.15, -0.1) is 23.7 Å². The number of carbonyl (C=O) groups excluding carboxylic acids is 1. The van der Waals surface area contributed by atoms with E-state index in [1.165, 1.54) is 43.8 Å². The number of hydrogen-bond donors (Lipinski definition) is 1. The molecular weight excluding hydrogens is 370 g/mol. The molecule has 3 saturated heterocycles. The van der Waals surface area contributed by atoms with E-state index in [-0.39, 0.29) is 12.4 Å². The Morgan fingerprint density at radius 2 is 2.04 bits per heavy atom. The molecule has 5 nitrogen and oxygen atoms in total. The lowest BCUT2D eigenvalue weighted by molar-refractivity contribution is 0.0357. The van der Waals surface area contributed by atoms with E-state index in [9.17, 15) is 4.79 Å². The Balaban J connectivity index is 0.00000196. The molecule has 1 aromatic heterocycles. The lowest BCUT2D eigenvalue weighted by Gasteiger charge is -2.44. The average molecular weight is 394 g/mol. The zero-order chi connectivity index (χ0) is 17.1. The van der Waals surface area contributed by atoms with Crippen LogP contribution in [0.1, 0.15) is 19.3 Å². The minimum atomic E-state index is -0.413. The van der Waals surface area contributed by atoms with Gasteiger partial charge in [0.15, 0.2) is 5.82 Å². The van der Waals surface area contributed by atoms with E-state index >= 15 is 0 Å². The molecule has 7 heteroatoms. The summed E-state index contributed by atoms with van der Waals surface area (Å²) in [5, 5.41) is 2.79. The van der Waals surface area contributed by atoms with Crippen molar-refractivity contribution in [2.75, 3.05) is 31.6 Å². The highest BCUT2D eigenvalue weighted by molar-refractivity contribution is 7.13. The van der Waals surface area contributed by atoms with Gasteiger partial charge < -0.3 is 9.64 Å². The van der Waals surface area contributed by atoms with Crippen molar-refractivity contribution >= 4 is 35.7 Å². The van der Waals surface area contributed by atoms with Crippen LogP contribution >= 0.6 is 23.7 Å². The number of nitrogens with one attached hydrogen (secondary N) is 1.